The predicted molar refractivity (Wildman–Crippen MR) is 146 cm³/mol. The standard InChI is InChI=1S/C8H11NO3S.C8H9NO2.C6H10N4O3S/c9-7-1-3-8(4-2-7)13(11,12)6-5-10;1-11-8(10)6-4-2-3-5-7(6)9;7-2-1-3(14(11,12)13)5(9)6(10)4(2)8/h1-4,10H,5-6,9H2;2-5H,9H2,1H3;1H,7-10H2,(H,11,12,13). The normalized spacial score (nSPS) is 10.8. The van der Waals surface area contributed by atoms with Crippen LogP contribution in [0.4, 0.5) is 34.1 Å². The van der Waals surface area contributed by atoms with Gasteiger partial charge in [-0.1, -0.05) is 12.1 Å². The molecule has 0 aliphatic heterocycles. The summed E-state index contributed by atoms with van der Waals surface area (Å²) in [6.45, 7) is -0.368. The number of ether oxygens (including phenoxy) is 1. The molecule has 0 radical (unpaired) electrons. The van der Waals surface area contributed by atoms with Gasteiger partial charge in [0, 0.05) is 11.4 Å². The van der Waals surface area contributed by atoms with Gasteiger partial charge in [0.15, 0.2) is 9.84 Å². The highest BCUT2D eigenvalue weighted by atomic mass is 32.2. The Morgan fingerprint density at radius 3 is 1.84 bits per heavy atom. The molecule has 208 valence electrons. The number of anilines is 6. The minimum absolute atomic E-state index is 0.00472. The van der Waals surface area contributed by atoms with E-state index in [1.54, 1.807) is 24.3 Å². The molecule has 0 atom stereocenters. The monoisotopic (exact) mass is 570 g/mol. The van der Waals surface area contributed by atoms with Crippen molar-refractivity contribution in [3.05, 3.63) is 60.2 Å². The molecule has 38 heavy (non-hydrogen) atoms. The van der Waals surface area contributed by atoms with Crippen molar-refractivity contribution in [2.45, 2.75) is 9.79 Å². The molecule has 0 heterocycles. The highest BCUT2D eigenvalue weighted by Gasteiger charge is 2.19. The largest absolute Gasteiger partial charge is 0.465 e. The van der Waals surface area contributed by atoms with Crippen LogP contribution in [0, 0.1) is 0 Å². The van der Waals surface area contributed by atoms with Gasteiger partial charge in [-0.05, 0) is 42.5 Å². The molecule has 0 spiro atoms. The highest BCUT2D eigenvalue weighted by molar-refractivity contribution is 7.91. The molecule has 0 amide bonds. The molecule has 0 aliphatic carbocycles. The first-order valence-corrected chi connectivity index (χ1v) is 13.5. The van der Waals surface area contributed by atoms with E-state index >= 15 is 0 Å². The predicted octanol–water partition coefficient (Wildman–Crippen LogP) is 0.352. The second-order valence-corrected chi connectivity index (χ2v) is 10.9. The number of aliphatic hydroxyl groups is 1. The van der Waals surface area contributed by atoms with Crippen molar-refractivity contribution in [3.8, 4) is 0 Å². The van der Waals surface area contributed by atoms with E-state index in [-0.39, 0.29) is 40.0 Å². The molecule has 14 N–H and O–H groups in total. The second kappa shape index (κ2) is 13.3. The van der Waals surface area contributed by atoms with Gasteiger partial charge in [0.25, 0.3) is 10.1 Å². The Kier molecular flexibility index (Phi) is 11.2. The van der Waals surface area contributed by atoms with Crippen LogP contribution in [0.15, 0.2) is 64.4 Å². The fourth-order valence-electron chi connectivity index (χ4n) is 2.65. The van der Waals surface area contributed by atoms with Crippen LogP contribution in [0.2, 0.25) is 0 Å². The molecule has 0 saturated heterocycles. The van der Waals surface area contributed by atoms with Gasteiger partial charge in [-0.15, -0.1) is 0 Å². The number of hydrogen-bond acceptors (Lipinski definition) is 13. The number of hydrogen-bond donors (Lipinski definition) is 8. The van der Waals surface area contributed by atoms with E-state index in [2.05, 4.69) is 4.74 Å². The second-order valence-electron chi connectivity index (χ2n) is 7.37. The lowest BCUT2D eigenvalue weighted by atomic mass is 10.2. The molecule has 3 aromatic rings. The zero-order valence-corrected chi connectivity index (χ0v) is 21.9. The number of esters is 1. The third kappa shape index (κ3) is 8.70. The fourth-order valence-corrected chi connectivity index (χ4v) is 4.34. The van der Waals surface area contributed by atoms with E-state index in [9.17, 15) is 21.6 Å². The van der Waals surface area contributed by atoms with Gasteiger partial charge in [-0.2, -0.15) is 8.42 Å². The molecular weight excluding hydrogens is 540 g/mol. The summed E-state index contributed by atoms with van der Waals surface area (Å²) in [6, 6.07) is 13.6. The van der Waals surface area contributed by atoms with Crippen LogP contribution < -0.4 is 34.4 Å². The van der Waals surface area contributed by atoms with Gasteiger partial charge >= 0.3 is 5.97 Å². The first-order chi connectivity index (χ1) is 17.6. The van der Waals surface area contributed by atoms with Crippen LogP contribution in [-0.2, 0) is 24.7 Å². The number of carbonyl (C=O) groups is 1. The maximum Gasteiger partial charge on any atom is 0.339 e. The van der Waals surface area contributed by atoms with Gasteiger partial charge in [0.05, 0.1) is 52.7 Å². The van der Waals surface area contributed by atoms with E-state index in [4.69, 9.17) is 44.1 Å². The Morgan fingerprint density at radius 1 is 0.816 bits per heavy atom. The van der Waals surface area contributed by atoms with Crippen molar-refractivity contribution in [2.75, 3.05) is 53.9 Å². The summed E-state index contributed by atoms with van der Waals surface area (Å²) in [5.74, 6) is -0.653. The van der Waals surface area contributed by atoms with E-state index in [0.29, 0.717) is 16.9 Å². The molecule has 3 aromatic carbocycles. The van der Waals surface area contributed by atoms with Crippen LogP contribution in [0.25, 0.3) is 0 Å². The van der Waals surface area contributed by atoms with Crippen molar-refractivity contribution < 1.29 is 36.0 Å². The van der Waals surface area contributed by atoms with Gasteiger partial charge in [-0.25, -0.2) is 13.2 Å². The summed E-state index contributed by atoms with van der Waals surface area (Å²) in [6.07, 6.45) is 0. The third-order valence-corrected chi connectivity index (χ3v) is 7.29. The molecule has 14 nitrogen and oxygen atoms in total. The minimum Gasteiger partial charge on any atom is -0.465 e. The molecule has 3 rings (SSSR count). The molecule has 16 heteroatoms. The van der Waals surface area contributed by atoms with Crippen molar-refractivity contribution in [1.29, 1.82) is 0 Å². The number of nitrogens with two attached hydrogens (primary N) is 6. The van der Waals surface area contributed by atoms with E-state index in [1.807, 2.05) is 0 Å². The summed E-state index contributed by atoms with van der Waals surface area (Å²) in [5, 5.41) is 8.51. The van der Waals surface area contributed by atoms with Gasteiger partial charge in [0.2, 0.25) is 0 Å². The smallest absolute Gasteiger partial charge is 0.339 e. The number of methoxy groups -OCH3 is 1. The molecule has 0 aliphatic rings. The van der Waals surface area contributed by atoms with Crippen LogP contribution in [0.1, 0.15) is 10.4 Å². The lowest BCUT2D eigenvalue weighted by Gasteiger charge is -2.10. The lowest BCUT2D eigenvalue weighted by molar-refractivity contribution is 0.0602. The highest BCUT2D eigenvalue weighted by Crippen LogP contribution is 2.34. The molecule has 0 aromatic heterocycles. The third-order valence-electron chi connectivity index (χ3n) is 4.69. The number of benzene rings is 3. The summed E-state index contributed by atoms with van der Waals surface area (Å²) < 4.78 is 57.5. The molecular formula is C22H30N6O8S2. The summed E-state index contributed by atoms with van der Waals surface area (Å²) in [7, 11) is -6.44. The number of sulfone groups is 1. The Balaban J connectivity index is 0.000000287. The topological polar surface area (TPSA) is 291 Å². The number of para-hydroxylation sites is 1. The molecule has 0 fully saturated rings. The zero-order chi connectivity index (χ0) is 29.3. The number of carbonyl (C=O) groups excluding carboxylic acids is 1. The minimum atomic E-state index is -4.44. The summed E-state index contributed by atoms with van der Waals surface area (Å²) in [5.41, 5.74) is 33.2. The molecule has 0 bridgehead atoms. The van der Waals surface area contributed by atoms with Crippen LogP contribution >= 0.6 is 0 Å². The van der Waals surface area contributed by atoms with Crippen molar-refractivity contribution in [3.63, 3.8) is 0 Å². The Labute approximate surface area is 219 Å². The molecule has 0 saturated carbocycles. The average molecular weight is 571 g/mol. The first kappa shape index (κ1) is 31.8. The quantitative estimate of drug-likeness (QED) is 0.117. The first-order valence-electron chi connectivity index (χ1n) is 10.4. The SMILES string of the molecule is COC(=O)c1ccccc1N.Nc1cc(S(=O)(=O)O)c(N)c(N)c1N.Nc1ccc(S(=O)(=O)CCO)cc1. The Hall–Kier alpha value is -4.25. The fraction of sp³-hybridized carbons (Fsp3) is 0.136. The maximum atomic E-state index is 11.3. The van der Waals surface area contributed by atoms with E-state index in [1.165, 1.54) is 31.4 Å². The summed E-state index contributed by atoms with van der Waals surface area (Å²) >= 11 is 0. The van der Waals surface area contributed by atoms with Gasteiger partial charge in [0.1, 0.15) is 4.90 Å². The molecule has 0 unspecified atom stereocenters. The Bertz CT molecular complexity index is 1480. The van der Waals surface area contributed by atoms with E-state index in [0.717, 1.165) is 6.07 Å². The van der Waals surface area contributed by atoms with Crippen molar-refractivity contribution in [1.82, 2.24) is 0 Å². The zero-order valence-electron chi connectivity index (χ0n) is 20.2. The number of nitrogen functional groups attached to an aromatic ring is 6. The lowest BCUT2D eigenvalue weighted by Crippen LogP contribution is -2.10. The number of aliphatic hydroxyl groups excluding tert-OH is 1. The van der Waals surface area contributed by atoms with Crippen LogP contribution in [0.5, 0.6) is 0 Å². The average Bonchev–Trinajstić information content (AvgIpc) is 2.85. The summed E-state index contributed by atoms with van der Waals surface area (Å²) in [4.78, 5) is 10.6. The van der Waals surface area contributed by atoms with Crippen LogP contribution in [0.3, 0.4) is 0 Å². The van der Waals surface area contributed by atoms with E-state index < -0.39 is 30.8 Å². The van der Waals surface area contributed by atoms with Crippen molar-refractivity contribution >= 4 is 60.0 Å². The number of rotatable bonds is 5. The van der Waals surface area contributed by atoms with Gasteiger partial charge < -0.3 is 44.2 Å². The van der Waals surface area contributed by atoms with Gasteiger partial charge in [-0.3, -0.25) is 4.55 Å². The maximum absolute atomic E-state index is 11.3. The van der Waals surface area contributed by atoms with Crippen molar-refractivity contribution in [2.24, 2.45) is 0 Å². The Morgan fingerprint density at radius 2 is 1.37 bits per heavy atom. The van der Waals surface area contributed by atoms with Crippen LogP contribution in [-0.4, -0.2) is 51.9 Å².